The van der Waals surface area contributed by atoms with E-state index >= 15 is 0 Å². The summed E-state index contributed by atoms with van der Waals surface area (Å²) < 4.78 is 0. The average molecular weight is 432 g/mol. The third-order valence-corrected chi connectivity index (χ3v) is 5.90. The second-order valence-corrected chi connectivity index (χ2v) is 8.33. The van der Waals surface area contributed by atoms with Crippen molar-refractivity contribution in [2.24, 2.45) is 5.92 Å². The average Bonchev–Trinajstić information content (AvgIpc) is 2.78. The second-order valence-electron chi connectivity index (χ2n) is 8.33. The summed E-state index contributed by atoms with van der Waals surface area (Å²) in [5.41, 5.74) is 1.21. The van der Waals surface area contributed by atoms with Crippen LogP contribution in [-0.2, 0) is 20.8 Å². The van der Waals surface area contributed by atoms with Gasteiger partial charge in [0.25, 0.3) is 0 Å². The molecule has 0 spiro atoms. The minimum Gasteiger partial charge on any atom is -0.356 e. The van der Waals surface area contributed by atoms with Crippen LogP contribution in [0.1, 0.15) is 64.9 Å². The maximum atomic E-state index is 12.8. The molecular weight excluding hydrogens is 390 g/mol. The van der Waals surface area contributed by atoms with Crippen molar-refractivity contribution in [1.82, 2.24) is 15.1 Å². The maximum Gasteiger partial charge on any atom is 0.222 e. The Hall–Kier alpha value is -2.37. The lowest BCUT2D eigenvalue weighted by atomic mass is 9.94. The number of carbonyl (C=O) groups is 3. The number of nitrogens with one attached hydrogen (secondary N) is 1. The van der Waals surface area contributed by atoms with Gasteiger partial charge in [-0.05, 0) is 37.2 Å². The molecule has 0 saturated carbocycles. The Morgan fingerprint density at radius 1 is 1.10 bits per heavy atom. The number of benzene rings is 1. The van der Waals surface area contributed by atoms with E-state index in [4.69, 9.17) is 0 Å². The molecule has 0 aromatic heterocycles. The van der Waals surface area contributed by atoms with Gasteiger partial charge < -0.3 is 15.1 Å². The van der Waals surface area contributed by atoms with E-state index in [1.54, 1.807) is 11.9 Å². The van der Waals surface area contributed by atoms with Crippen molar-refractivity contribution in [3.8, 4) is 0 Å². The Labute approximate surface area is 188 Å². The Morgan fingerprint density at radius 3 is 2.42 bits per heavy atom. The molecule has 0 aliphatic rings. The van der Waals surface area contributed by atoms with Crippen LogP contribution in [0.25, 0.3) is 0 Å². The SMILES string of the molecule is CCCN(CCCC(=O)NCCc1ccccc1)C(=O)CCC([C@@H](C)CC)N(C)C=O. The van der Waals surface area contributed by atoms with Crippen LogP contribution in [0.2, 0.25) is 0 Å². The molecular formula is C25H41N3O3. The summed E-state index contributed by atoms with van der Waals surface area (Å²) in [5, 5.41) is 2.96. The fraction of sp³-hybridized carbons (Fsp3) is 0.640. The lowest BCUT2D eigenvalue weighted by Gasteiger charge is -2.30. The fourth-order valence-electron chi connectivity index (χ4n) is 3.81. The zero-order chi connectivity index (χ0) is 23.1. The number of rotatable bonds is 16. The summed E-state index contributed by atoms with van der Waals surface area (Å²) in [6.45, 7) is 8.20. The van der Waals surface area contributed by atoms with Gasteiger partial charge in [0, 0.05) is 45.6 Å². The summed E-state index contributed by atoms with van der Waals surface area (Å²) in [4.78, 5) is 39.7. The monoisotopic (exact) mass is 431 g/mol. The highest BCUT2D eigenvalue weighted by atomic mass is 16.2. The molecule has 0 aliphatic heterocycles. The molecule has 0 radical (unpaired) electrons. The standard InChI is InChI=1S/C25H41N3O3/c1-5-18-28(25(31)15-14-23(21(3)6-2)27(4)20-29)19-10-13-24(30)26-17-16-22-11-8-7-9-12-22/h7-9,11-12,20-21,23H,5-6,10,13-19H2,1-4H3,(H,26,30)/t21-,23?/m0/s1. The molecule has 1 N–H and O–H groups in total. The number of amides is 3. The Kier molecular flexibility index (Phi) is 13.3. The topological polar surface area (TPSA) is 69.7 Å². The van der Waals surface area contributed by atoms with Gasteiger partial charge in [-0.1, -0.05) is 57.5 Å². The molecule has 31 heavy (non-hydrogen) atoms. The van der Waals surface area contributed by atoms with E-state index in [-0.39, 0.29) is 17.9 Å². The van der Waals surface area contributed by atoms with E-state index < -0.39 is 0 Å². The molecule has 6 heteroatoms. The van der Waals surface area contributed by atoms with Gasteiger partial charge >= 0.3 is 0 Å². The largest absolute Gasteiger partial charge is 0.356 e. The zero-order valence-corrected chi connectivity index (χ0v) is 19.8. The van der Waals surface area contributed by atoms with E-state index in [1.165, 1.54) is 5.56 Å². The van der Waals surface area contributed by atoms with E-state index in [0.29, 0.717) is 51.2 Å². The minimum absolute atomic E-state index is 0.0317. The quantitative estimate of drug-likeness (QED) is 0.406. The zero-order valence-electron chi connectivity index (χ0n) is 19.8. The van der Waals surface area contributed by atoms with Crippen molar-refractivity contribution in [3.05, 3.63) is 35.9 Å². The molecule has 1 aromatic rings. The van der Waals surface area contributed by atoms with Crippen molar-refractivity contribution in [3.63, 3.8) is 0 Å². The second kappa shape index (κ2) is 15.4. The molecule has 6 nitrogen and oxygen atoms in total. The van der Waals surface area contributed by atoms with Gasteiger partial charge in [-0.3, -0.25) is 14.4 Å². The van der Waals surface area contributed by atoms with Gasteiger partial charge in [-0.2, -0.15) is 0 Å². The van der Waals surface area contributed by atoms with Gasteiger partial charge in [0.05, 0.1) is 0 Å². The first kappa shape index (κ1) is 26.7. The van der Waals surface area contributed by atoms with Crippen molar-refractivity contribution >= 4 is 18.2 Å². The minimum atomic E-state index is 0.0317. The summed E-state index contributed by atoms with van der Waals surface area (Å²) in [5.74, 6) is 0.491. The first-order valence-electron chi connectivity index (χ1n) is 11.7. The highest BCUT2D eigenvalue weighted by Gasteiger charge is 2.22. The van der Waals surface area contributed by atoms with Crippen molar-refractivity contribution in [2.45, 2.75) is 71.8 Å². The van der Waals surface area contributed by atoms with Crippen LogP contribution < -0.4 is 5.32 Å². The van der Waals surface area contributed by atoms with Gasteiger partial charge in [0.15, 0.2) is 0 Å². The van der Waals surface area contributed by atoms with Crippen LogP contribution >= 0.6 is 0 Å². The predicted octanol–water partition coefficient (Wildman–Crippen LogP) is 3.65. The number of carbonyl (C=O) groups excluding carboxylic acids is 3. The third kappa shape index (κ3) is 10.5. The van der Waals surface area contributed by atoms with Crippen LogP contribution in [0.5, 0.6) is 0 Å². The summed E-state index contributed by atoms with van der Waals surface area (Å²) in [6.07, 6.45) is 5.70. The highest BCUT2D eigenvalue weighted by molar-refractivity contribution is 5.77. The maximum absolute atomic E-state index is 12.8. The number of hydrogen-bond acceptors (Lipinski definition) is 3. The molecule has 1 aromatic carbocycles. The first-order valence-corrected chi connectivity index (χ1v) is 11.7. The van der Waals surface area contributed by atoms with Crippen LogP contribution in [0, 0.1) is 5.92 Å². The van der Waals surface area contributed by atoms with Crippen LogP contribution in [-0.4, -0.2) is 60.7 Å². The fourth-order valence-corrected chi connectivity index (χ4v) is 3.81. The van der Waals surface area contributed by atoms with E-state index in [2.05, 4.69) is 38.2 Å². The summed E-state index contributed by atoms with van der Waals surface area (Å²) >= 11 is 0. The van der Waals surface area contributed by atoms with Crippen molar-refractivity contribution in [2.75, 3.05) is 26.7 Å². The molecule has 0 saturated heterocycles. The molecule has 0 bridgehead atoms. The Bertz CT molecular complexity index is 651. The number of nitrogens with zero attached hydrogens (tertiary/aromatic N) is 2. The van der Waals surface area contributed by atoms with Crippen LogP contribution in [0.15, 0.2) is 30.3 Å². The smallest absolute Gasteiger partial charge is 0.222 e. The first-order chi connectivity index (χ1) is 14.9. The van der Waals surface area contributed by atoms with Gasteiger partial charge in [-0.15, -0.1) is 0 Å². The summed E-state index contributed by atoms with van der Waals surface area (Å²) in [6, 6.07) is 10.2. The molecule has 0 fully saturated rings. The summed E-state index contributed by atoms with van der Waals surface area (Å²) in [7, 11) is 1.79. The lowest BCUT2D eigenvalue weighted by Crippen LogP contribution is -2.38. The van der Waals surface area contributed by atoms with Crippen molar-refractivity contribution in [1.29, 1.82) is 0 Å². The van der Waals surface area contributed by atoms with Crippen LogP contribution in [0.3, 0.4) is 0 Å². The van der Waals surface area contributed by atoms with Gasteiger partial charge in [0.2, 0.25) is 18.2 Å². The molecule has 0 heterocycles. The molecule has 2 atom stereocenters. The lowest BCUT2D eigenvalue weighted by molar-refractivity contribution is -0.133. The molecule has 0 aliphatic carbocycles. The molecule has 1 unspecified atom stereocenters. The third-order valence-electron chi connectivity index (χ3n) is 5.90. The van der Waals surface area contributed by atoms with Crippen LogP contribution in [0.4, 0.5) is 0 Å². The van der Waals surface area contributed by atoms with Crippen molar-refractivity contribution < 1.29 is 14.4 Å². The van der Waals surface area contributed by atoms with E-state index in [1.807, 2.05) is 23.1 Å². The normalized spacial score (nSPS) is 12.6. The Morgan fingerprint density at radius 2 is 1.81 bits per heavy atom. The number of hydrogen-bond donors (Lipinski definition) is 1. The predicted molar refractivity (Wildman–Crippen MR) is 126 cm³/mol. The van der Waals surface area contributed by atoms with Gasteiger partial charge in [-0.25, -0.2) is 0 Å². The Balaban J connectivity index is 2.40. The molecule has 3 amide bonds. The highest BCUT2D eigenvalue weighted by Crippen LogP contribution is 2.18. The molecule has 1 rings (SSSR count). The van der Waals surface area contributed by atoms with Gasteiger partial charge in [0.1, 0.15) is 0 Å². The van der Waals surface area contributed by atoms with E-state index in [0.717, 1.165) is 25.7 Å². The molecule has 174 valence electrons. The van der Waals surface area contributed by atoms with E-state index in [9.17, 15) is 14.4 Å².